The van der Waals surface area contributed by atoms with Gasteiger partial charge in [-0.2, -0.15) is 0 Å². The summed E-state index contributed by atoms with van der Waals surface area (Å²) in [5.74, 6) is 0. The van der Waals surface area contributed by atoms with Crippen LogP contribution >= 0.6 is 17.0 Å². The Bertz CT molecular complexity index is 6.85. The molecule has 0 aliphatic carbocycles. The normalized spacial score (nSPS) is 0. The molecule has 0 rings (SSSR count). The summed E-state index contributed by atoms with van der Waals surface area (Å²) in [6.45, 7) is 0. The molecule has 0 aliphatic heterocycles. The smallest absolute Gasteiger partial charge is 0 e. The van der Waals surface area contributed by atoms with Crippen LogP contribution in [-0.2, 0) is 0 Å². The summed E-state index contributed by atoms with van der Waals surface area (Å²) in [6.07, 6.45) is 0. The van der Waals surface area contributed by atoms with E-state index >= 15 is 0 Å². The van der Waals surface area contributed by atoms with Crippen molar-refractivity contribution >= 4 is 35.8 Å². The van der Waals surface area contributed by atoms with Gasteiger partial charge in [0.1, 0.15) is 0 Å². The van der Waals surface area contributed by atoms with Crippen molar-refractivity contribution in [2.45, 2.75) is 0 Å². The third-order valence-corrected chi connectivity index (χ3v) is 0. The molecular weight excluding hydrogens is 144 g/mol. The summed E-state index contributed by atoms with van der Waals surface area (Å²) in [6, 6.07) is 0. The van der Waals surface area contributed by atoms with Crippen LogP contribution in [0, 0.1) is 0 Å². The molecule has 0 aromatic rings. The Morgan fingerprint density at radius 1 is 0.600 bits per heavy atom. The van der Waals surface area contributed by atoms with Crippen LogP contribution in [0.1, 0.15) is 0 Å². The average Bonchev–Trinajstić information content (AvgIpc) is 0. The number of rotatable bonds is 0. The monoisotopic (exact) mass is 147 g/mol. The SMILES string of the molecule is Br.F.F.F.[Li]. The molecule has 0 bridgehead atoms. The zero-order chi connectivity index (χ0) is 0. The zero-order valence-corrected chi connectivity index (χ0v) is 4.35. The maximum absolute atomic E-state index is 0. The van der Waals surface area contributed by atoms with Crippen molar-refractivity contribution in [3.05, 3.63) is 0 Å². The minimum atomic E-state index is 0. The van der Waals surface area contributed by atoms with Gasteiger partial charge in [-0.25, -0.2) is 0 Å². The van der Waals surface area contributed by atoms with E-state index in [4.69, 9.17) is 0 Å². The second kappa shape index (κ2) is 96.8. The molecule has 33 valence electrons. The van der Waals surface area contributed by atoms with Crippen molar-refractivity contribution in [2.75, 3.05) is 0 Å². The molecule has 0 saturated heterocycles. The van der Waals surface area contributed by atoms with Gasteiger partial charge in [-0.15, -0.1) is 17.0 Å². The summed E-state index contributed by atoms with van der Waals surface area (Å²) in [5.41, 5.74) is 0. The molecule has 5 heavy (non-hydrogen) atoms. The van der Waals surface area contributed by atoms with Crippen molar-refractivity contribution in [1.82, 2.24) is 0 Å². The van der Waals surface area contributed by atoms with Gasteiger partial charge in [0.2, 0.25) is 0 Å². The van der Waals surface area contributed by atoms with Crippen molar-refractivity contribution in [2.24, 2.45) is 0 Å². The minimum Gasteiger partial charge on any atom is -0.269 e. The number of hydrogen-bond acceptors (Lipinski definition) is 0. The molecule has 0 atom stereocenters. The third-order valence-electron chi connectivity index (χ3n) is 0. The third kappa shape index (κ3) is 53.2. The van der Waals surface area contributed by atoms with Gasteiger partial charge in [0.25, 0.3) is 0 Å². The van der Waals surface area contributed by atoms with Gasteiger partial charge in [-0.1, -0.05) is 0 Å². The van der Waals surface area contributed by atoms with E-state index in [2.05, 4.69) is 0 Å². The summed E-state index contributed by atoms with van der Waals surface area (Å²) in [4.78, 5) is 0. The van der Waals surface area contributed by atoms with E-state index < -0.39 is 0 Å². The molecule has 0 heterocycles. The Kier molecular flexibility index (Phi) is 3580. The fourth-order valence-electron chi connectivity index (χ4n) is 0. The van der Waals surface area contributed by atoms with Gasteiger partial charge in [0.05, 0.1) is 0 Å². The van der Waals surface area contributed by atoms with Crippen molar-refractivity contribution in [3.63, 3.8) is 0 Å². The molecule has 0 aliphatic rings. The maximum Gasteiger partial charge on any atom is 0 e. The van der Waals surface area contributed by atoms with E-state index in [1.54, 1.807) is 0 Å². The van der Waals surface area contributed by atoms with Crippen LogP contribution in [0.2, 0.25) is 0 Å². The Morgan fingerprint density at radius 3 is 0.600 bits per heavy atom. The first-order valence-electron chi connectivity index (χ1n) is 0. The average molecular weight is 148 g/mol. The second-order valence-electron chi connectivity index (χ2n) is 0. The molecule has 0 nitrogen and oxygen atoms in total. The van der Waals surface area contributed by atoms with Crippen LogP contribution in [0.5, 0.6) is 0 Å². The fraction of sp³-hybridized carbons (Fsp3) is 0. The Hall–Kier alpha value is 0.867. The fourth-order valence-corrected chi connectivity index (χ4v) is 0. The Balaban J connectivity index is 0. The topological polar surface area (TPSA) is 0 Å². The molecule has 0 unspecified atom stereocenters. The van der Waals surface area contributed by atoms with Gasteiger partial charge < -0.3 is 0 Å². The molecule has 0 aromatic heterocycles. The number of halogens is 4. The van der Waals surface area contributed by atoms with Crippen molar-refractivity contribution in [1.29, 1.82) is 0 Å². The van der Waals surface area contributed by atoms with Crippen LogP contribution in [0.4, 0.5) is 14.1 Å². The van der Waals surface area contributed by atoms with E-state index in [0.29, 0.717) is 0 Å². The molecule has 0 amide bonds. The molecule has 0 aromatic carbocycles. The van der Waals surface area contributed by atoms with Gasteiger partial charge >= 0.3 is 0 Å². The molecule has 0 N–H and O–H groups in total. The molecule has 1 radical (unpaired) electrons. The zero-order valence-electron chi connectivity index (χ0n) is 2.63. The van der Waals surface area contributed by atoms with Crippen molar-refractivity contribution < 1.29 is 14.1 Å². The molecule has 0 spiro atoms. The van der Waals surface area contributed by atoms with Gasteiger partial charge in [-0.05, 0) is 0 Å². The second-order valence-corrected chi connectivity index (χ2v) is 0. The quantitative estimate of drug-likeness (QED) is 0.442. The van der Waals surface area contributed by atoms with E-state index in [1.165, 1.54) is 0 Å². The van der Waals surface area contributed by atoms with Gasteiger partial charge in [0.15, 0.2) is 0 Å². The molecule has 0 fully saturated rings. The van der Waals surface area contributed by atoms with Crippen LogP contribution in [-0.4, -0.2) is 18.9 Å². The predicted molar refractivity (Wildman–Crippen MR) is 23.6 cm³/mol. The minimum absolute atomic E-state index is 0. The Morgan fingerprint density at radius 2 is 0.600 bits per heavy atom. The van der Waals surface area contributed by atoms with Crippen LogP contribution in [0.15, 0.2) is 0 Å². The molecular formula is H4BrF3Li. The molecule has 5 heteroatoms. The van der Waals surface area contributed by atoms with Crippen LogP contribution < -0.4 is 0 Å². The van der Waals surface area contributed by atoms with Crippen molar-refractivity contribution in [3.8, 4) is 0 Å². The first-order chi connectivity index (χ1) is 0. The number of hydrogen-bond donors (Lipinski definition) is 0. The predicted octanol–water partition coefficient (Wildman–Crippen LogP) is 0.655. The van der Waals surface area contributed by atoms with E-state index in [0.717, 1.165) is 0 Å². The first-order valence-corrected chi connectivity index (χ1v) is 0. The summed E-state index contributed by atoms with van der Waals surface area (Å²) >= 11 is 0. The van der Waals surface area contributed by atoms with Crippen LogP contribution in [0.25, 0.3) is 0 Å². The van der Waals surface area contributed by atoms with E-state index in [1.807, 2.05) is 0 Å². The summed E-state index contributed by atoms with van der Waals surface area (Å²) < 4.78 is 0. The first kappa shape index (κ1) is 185. The Labute approximate surface area is 50.4 Å². The maximum atomic E-state index is 0. The van der Waals surface area contributed by atoms with E-state index in [-0.39, 0.29) is 50.0 Å². The summed E-state index contributed by atoms with van der Waals surface area (Å²) in [5, 5.41) is 0. The molecule has 0 saturated carbocycles. The van der Waals surface area contributed by atoms with E-state index in [9.17, 15) is 0 Å². The summed E-state index contributed by atoms with van der Waals surface area (Å²) in [7, 11) is 0. The van der Waals surface area contributed by atoms with Gasteiger partial charge in [-0.3, -0.25) is 14.1 Å². The van der Waals surface area contributed by atoms with Crippen LogP contribution in [0.3, 0.4) is 0 Å². The standard InChI is InChI=1S/BrH.3FH.Li/h4*1H;. The van der Waals surface area contributed by atoms with Gasteiger partial charge in [0, 0.05) is 18.9 Å². The largest absolute Gasteiger partial charge is 0.269 e.